The number of benzene rings is 3. The number of ether oxygens (including phenoxy) is 1. The molecule has 2 N–H and O–H groups in total. The molecule has 5 aromatic rings. The van der Waals surface area contributed by atoms with E-state index in [2.05, 4.69) is 97.5 Å². The summed E-state index contributed by atoms with van der Waals surface area (Å²) >= 11 is 0. The van der Waals surface area contributed by atoms with Gasteiger partial charge in [0.2, 0.25) is 0 Å². The van der Waals surface area contributed by atoms with Gasteiger partial charge in [-0.25, -0.2) is 4.98 Å². The van der Waals surface area contributed by atoms with Gasteiger partial charge in [-0.1, -0.05) is 48.0 Å². The lowest BCUT2D eigenvalue weighted by atomic mass is 10.0. The Balaban J connectivity index is 1.39. The van der Waals surface area contributed by atoms with E-state index in [0.29, 0.717) is 0 Å². The minimum Gasteiger partial charge on any atom is -0.497 e. The van der Waals surface area contributed by atoms with Crippen molar-refractivity contribution >= 4 is 27.6 Å². The van der Waals surface area contributed by atoms with Crippen molar-refractivity contribution in [2.24, 2.45) is 0 Å². The smallest absolute Gasteiger partial charge is 0.147 e. The fourth-order valence-electron chi connectivity index (χ4n) is 5.40. The molecule has 2 aromatic heterocycles. The first-order chi connectivity index (χ1) is 18.0. The van der Waals surface area contributed by atoms with Crippen LogP contribution >= 0.6 is 0 Å². The van der Waals surface area contributed by atoms with Crippen LogP contribution in [0.15, 0.2) is 66.7 Å². The van der Waals surface area contributed by atoms with Gasteiger partial charge < -0.3 is 15.4 Å². The third-order valence-corrected chi connectivity index (χ3v) is 6.98. The Kier molecular flexibility index (Phi) is 7.15. The van der Waals surface area contributed by atoms with E-state index in [0.717, 1.165) is 48.8 Å². The van der Waals surface area contributed by atoms with Gasteiger partial charge in [0.05, 0.1) is 23.7 Å². The summed E-state index contributed by atoms with van der Waals surface area (Å²) in [4.78, 5) is 5.06. The number of methoxy groups -OCH3 is 1. The second-order valence-electron chi connectivity index (χ2n) is 9.88. The molecule has 2 heterocycles. The maximum Gasteiger partial charge on any atom is 0.147 e. The molecule has 0 radical (unpaired) electrons. The molecule has 0 atom stereocenters. The molecule has 190 valence electrons. The van der Waals surface area contributed by atoms with Gasteiger partial charge in [-0.15, -0.1) is 0 Å². The molecule has 3 aromatic carbocycles. The fourth-order valence-corrected chi connectivity index (χ4v) is 5.40. The van der Waals surface area contributed by atoms with Crippen molar-refractivity contribution in [1.29, 1.82) is 0 Å². The summed E-state index contributed by atoms with van der Waals surface area (Å²) in [6.07, 6.45) is 0.991. The largest absolute Gasteiger partial charge is 0.497 e. The lowest BCUT2D eigenvalue weighted by molar-refractivity contribution is 0.414. The second-order valence-corrected chi connectivity index (χ2v) is 9.88. The standard InChI is InChI=1S/C32H36N4O/c1-21-18-22(2)31(23(3)19-21)36-29-9-7-6-8-27(29)30-28(20-24(4)35-32(30)36)34-17-16-33-15-14-25-10-12-26(37-5)13-11-25/h6-13,18-20,33H,14-17H2,1-5H3,(H,34,35). The van der Waals surface area contributed by atoms with Gasteiger partial charge >= 0.3 is 0 Å². The highest BCUT2D eigenvalue weighted by molar-refractivity contribution is 6.13. The number of para-hydroxylation sites is 1. The summed E-state index contributed by atoms with van der Waals surface area (Å²) < 4.78 is 7.59. The lowest BCUT2D eigenvalue weighted by Crippen LogP contribution is -2.24. The van der Waals surface area contributed by atoms with Gasteiger partial charge in [-0.2, -0.15) is 0 Å². The molecule has 0 aliphatic heterocycles. The summed E-state index contributed by atoms with van der Waals surface area (Å²) in [6.45, 7) is 11.3. The molecule has 0 saturated carbocycles. The zero-order chi connectivity index (χ0) is 25.9. The molecule has 0 aliphatic rings. The van der Waals surface area contributed by atoms with Crippen molar-refractivity contribution in [3.63, 3.8) is 0 Å². The van der Waals surface area contributed by atoms with Crippen LogP contribution in [-0.4, -0.2) is 36.3 Å². The number of hydrogen-bond donors (Lipinski definition) is 2. The first-order valence-corrected chi connectivity index (χ1v) is 13.0. The Bertz CT molecular complexity index is 1530. The molecule has 0 aliphatic carbocycles. The van der Waals surface area contributed by atoms with E-state index in [-0.39, 0.29) is 0 Å². The van der Waals surface area contributed by atoms with E-state index < -0.39 is 0 Å². The molecule has 5 rings (SSSR count). The van der Waals surface area contributed by atoms with Crippen LogP contribution in [0.5, 0.6) is 5.75 Å². The molecular weight excluding hydrogens is 456 g/mol. The highest BCUT2D eigenvalue weighted by atomic mass is 16.5. The van der Waals surface area contributed by atoms with Crippen molar-refractivity contribution in [2.45, 2.75) is 34.1 Å². The van der Waals surface area contributed by atoms with E-state index in [4.69, 9.17) is 9.72 Å². The Labute approximate surface area is 219 Å². The molecule has 0 spiro atoms. The van der Waals surface area contributed by atoms with Gasteiger partial charge in [0, 0.05) is 29.9 Å². The Hall–Kier alpha value is -3.83. The second kappa shape index (κ2) is 10.7. The van der Waals surface area contributed by atoms with Gasteiger partial charge in [0.25, 0.3) is 0 Å². The van der Waals surface area contributed by atoms with Gasteiger partial charge in [0.15, 0.2) is 0 Å². The van der Waals surface area contributed by atoms with Crippen molar-refractivity contribution < 1.29 is 4.74 Å². The molecule has 0 unspecified atom stereocenters. The third kappa shape index (κ3) is 5.05. The maximum atomic E-state index is 5.25. The number of pyridine rings is 1. The van der Waals surface area contributed by atoms with Crippen LogP contribution in [0.1, 0.15) is 27.9 Å². The van der Waals surface area contributed by atoms with Crippen LogP contribution in [0, 0.1) is 27.7 Å². The van der Waals surface area contributed by atoms with Crippen molar-refractivity contribution in [1.82, 2.24) is 14.9 Å². The highest BCUT2D eigenvalue weighted by Gasteiger charge is 2.19. The van der Waals surface area contributed by atoms with Crippen molar-refractivity contribution in [3.05, 3.63) is 94.7 Å². The predicted molar refractivity (Wildman–Crippen MR) is 156 cm³/mol. The van der Waals surface area contributed by atoms with Crippen LogP contribution in [-0.2, 0) is 6.42 Å². The van der Waals surface area contributed by atoms with Crippen LogP contribution in [0.25, 0.3) is 27.6 Å². The van der Waals surface area contributed by atoms with Gasteiger partial charge in [-0.05, 0) is 81.6 Å². The minimum absolute atomic E-state index is 0.837. The Morgan fingerprint density at radius 1 is 0.838 bits per heavy atom. The van der Waals surface area contributed by atoms with Crippen molar-refractivity contribution in [2.75, 3.05) is 32.1 Å². The zero-order valence-electron chi connectivity index (χ0n) is 22.5. The Morgan fingerprint density at radius 3 is 2.30 bits per heavy atom. The van der Waals surface area contributed by atoms with Gasteiger partial charge in [0.1, 0.15) is 11.4 Å². The quantitative estimate of drug-likeness (QED) is 0.226. The van der Waals surface area contributed by atoms with E-state index in [9.17, 15) is 0 Å². The topological polar surface area (TPSA) is 51.1 Å². The number of aromatic nitrogens is 2. The SMILES string of the molecule is COc1ccc(CCNCCNc2cc(C)nc3c2c2ccccc2n3-c2c(C)cc(C)cc2C)cc1. The first kappa shape index (κ1) is 24.8. The number of hydrogen-bond acceptors (Lipinski definition) is 4. The average molecular weight is 493 g/mol. The summed E-state index contributed by atoms with van der Waals surface area (Å²) in [6, 6.07) is 23.6. The predicted octanol–water partition coefficient (Wildman–Crippen LogP) is 6.67. The summed E-state index contributed by atoms with van der Waals surface area (Å²) in [5, 5.41) is 9.68. The third-order valence-electron chi connectivity index (χ3n) is 6.98. The van der Waals surface area contributed by atoms with Crippen LogP contribution in [0.3, 0.4) is 0 Å². The molecule has 0 bridgehead atoms. The number of aryl methyl sites for hydroxylation is 4. The highest BCUT2D eigenvalue weighted by Crippen LogP contribution is 2.37. The van der Waals surface area contributed by atoms with Crippen LogP contribution < -0.4 is 15.4 Å². The number of nitrogens with one attached hydrogen (secondary N) is 2. The molecule has 0 saturated heterocycles. The van der Waals surface area contributed by atoms with Crippen LogP contribution in [0.2, 0.25) is 0 Å². The summed E-state index contributed by atoms with van der Waals surface area (Å²) in [5.74, 6) is 0.897. The van der Waals surface area contributed by atoms with Crippen LogP contribution in [0.4, 0.5) is 5.69 Å². The van der Waals surface area contributed by atoms with E-state index in [1.807, 2.05) is 12.1 Å². The molecule has 0 amide bonds. The number of nitrogens with zero attached hydrogens (tertiary/aromatic N) is 2. The number of rotatable bonds is 9. The molecule has 5 heteroatoms. The molecule has 37 heavy (non-hydrogen) atoms. The maximum absolute atomic E-state index is 5.25. The summed E-state index contributed by atoms with van der Waals surface area (Å²) in [7, 11) is 1.70. The lowest BCUT2D eigenvalue weighted by Gasteiger charge is -2.15. The van der Waals surface area contributed by atoms with Crippen molar-refractivity contribution in [3.8, 4) is 11.4 Å². The van der Waals surface area contributed by atoms with E-state index in [1.165, 1.54) is 44.2 Å². The average Bonchev–Trinajstić information content (AvgIpc) is 3.20. The monoisotopic (exact) mass is 492 g/mol. The summed E-state index contributed by atoms with van der Waals surface area (Å²) in [5.41, 5.74) is 10.7. The van der Waals surface area contributed by atoms with E-state index in [1.54, 1.807) is 7.11 Å². The van der Waals surface area contributed by atoms with Gasteiger partial charge in [-0.3, -0.25) is 4.57 Å². The normalized spacial score (nSPS) is 11.4. The number of fused-ring (bicyclic) bond motifs is 3. The molecular formula is C32H36N4O. The zero-order valence-corrected chi connectivity index (χ0v) is 22.5. The number of anilines is 1. The Morgan fingerprint density at radius 2 is 1.57 bits per heavy atom. The molecule has 0 fully saturated rings. The first-order valence-electron chi connectivity index (χ1n) is 13.0. The fraction of sp³-hybridized carbons (Fsp3) is 0.281. The molecule has 5 nitrogen and oxygen atoms in total. The van der Waals surface area contributed by atoms with E-state index >= 15 is 0 Å². The minimum atomic E-state index is 0.837.